The fraction of sp³-hybridized carbons (Fsp3) is 0.320. The van der Waals surface area contributed by atoms with Crippen LogP contribution in [0.25, 0.3) is 0 Å². The Morgan fingerprint density at radius 3 is 2.43 bits per heavy atom. The molecule has 3 rings (SSSR count). The molecular weight excluding hydrogens is 450 g/mol. The summed E-state index contributed by atoms with van der Waals surface area (Å²) in [5, 5.41) is 32.1. The molecule has 0 saturated heterocycles. The van der Waals surface area contributed by atoms with E-state index in [2.05, 4.69) is 21.3 Å². The van der Waals surface area contributed by atoms with E-state index in [0.717, 1.165) is 5.56 Å². The van der Waals surface area contributed by atoms with Crippen molar-refractivity contribution in [3.63, 3.8) is 0 Å². The topological polar surface area (TPSA) is 143 Å². The SMILES string of the molecule is CC[C@@H](NC1=C(Nc2cccc(C(=O)N(C)C)c2O)C(O)NC1=O)C(=O)NC(C)c1ccccc1. The fourth-order valence-corrected chi connectivity index (χ4v) is 3.67. The first-order chi connectivity index (χ1) is 16.6. The Bertz CT molecular complexity index is 1130. The lowest BCUT2D eigenvalue weighted by molar-refractivity contribution is -0.123. The molecule has 0 bridgehead atoms. The van der Waals surface area contributed by atoms with Crippen LogP contribution < -0.4 is 21.3 Å². The van der Waals surface area contributed by atoms with E-state index in [-0.39, 0.29) is 40.3 Å². The average molecular weight is 482 g/mol. The summed E-state index contributed by atoms with van der Waals surface area (Å²) < 4.78 is 0. The third-order valence-electron chi connectivity index (χ3n) is 5.68. The van der Waals surface area contributed by atoms with Gasteiger partial charge in [0.05, 0.1) is 23.0 Å². The second-order valence-corrected chi connectivity index (χ2v) is 8.44. The zero-order valence-corrected chi connectivity index (χ0v) is 20.1. The minimum Gasteiger partial charge on any atom is -0.505 e. The van der Waals surface area contributed by atoms with Gasteiger partial charge in [0.1, 0.15) is 11.7 Å². The summed E-state index contributed by atoms with van der Waals surface area (Å²) in [5.41, 5.74) is 1.12. The number of aliphatic hydroxyl groups excluding tert-OH is 1. The van der Waals surface area contributed by atoms with E-state index in [1.165, 1.54) is 17.0 Å². The molecular formula is C25H31N5O5. The molecule has 6 N–H and O–H groups in total. The number of aliphatic hydroxyl groups is 1. The molecule has 186 valence electrons. The second kappa shape index (κ2) is 10.9. The van der Waals surface area contributed by atoms with E-state index >= 15 is 0 Å². The van der Waals surface area contributed by atoms with Gasteiger partial charge in [-0.25, -0.2) is 0 Å². The molecule has 3 atom stereocenters. The van der Waals surface area contributed by atoms with E-state index in [1.54, 1.807) is 27.1 Å². The van der Waals surface area contributed by atoms with E-state index in [9.17, 15) is 24.6 Å². The number of hydrogen-bond acceptors (Lipinski definition) is 7. The van der Waals surface area contributed by atoms with Crippen molar-refractivity contribution in [3.05, 3.63) is 71.1 Å². The van der Waals surface area contributed by atoms with Gasteiger partial charge in [0.2, 0.25) is 5.91 Å². The molecule has 35 heavy (non-hydrogen) atoms. The highest BCUT2D eigenvalue weighted by Crippen LogP contribution is 2.31. The number of amides is 3. The molecule has 3 amide bonds. The number of rotatable bonds is 9. The lowest BCUT2D eigenvalue weighted by Gasteiger charge is -2.22. The Hall–Kier alpha value is -4.05. The molecule has 10 nitrogen and oxygen atoms in total. The molecule has 10 heteroatoms. The fourth-order valence-electron chi connectivity index (χ4n) is 3.67. The van der Waals surface area contributed by atoms with E-state index in [4.69, 9.17) is 0 Å². The molecule has 2 aromatic rings. The highest BCUT2D eigenvalue weighted by atomic mass is 16.3. The second-order valence-electron chi connectivity index (χ2n) is 8.44. The van der Waals surface area contributed by atoms with Crippen molar-refractivity contribution in [2.24, 2.45) is 0 Å². The number of benzene rings is 2. The Balaban J connectivity index is 1.83. The molecule has 1 aliphatic rings. The van der Waals surface area contributed by atoms with Crippen molar-refractivity contribution in [1.29, 1.82) is 0 Å². The quantitative estimate of drug-likeness (QED) is 0.297. The summed E-state index contributed by atoms with van der Waals surface area (Å²) in [6.07, 6.45) is -1.03. The lowest BCUT2D eigenvalue weighted by atomic mass is 10.1. The third kappa shape index (κ3) is 5.72. The molecule has 0 radical (unpaired) electrons. The maximum atomic E-state index is 12.9. The summed E-state index contributed by atoms with van der Waals surface area (Å²) >= 11 is 0. The van der Waals surface area contributed by atoms with Crippen LogP contribution in [0.1, 0.15) is 42.2 Å². The van der Waals surface area contributed by atoms with Crippen molar-refractivity contribution in [3.8, 4) is 5.75 Å². The number of phenols is 1. The summed E-state index contributed by atoms with van der Waals surface area (Å²) in [5.74, 6) is -1.66. The molecule has 0 aliphatic carbocycles. The van der Waals surface area contributed by atoms with Gasteiger partial charge in [-0.1, -0.05) is 43.3 Å². The molecule has 0 spiro atoms. The summed E-state index contributed by atoms with van der Waals surface area (Å²) in [7, 11) is 3.12. The van der Waals surface area contributed by atoms with Crippen LogP contribution in [0.3, 0.4) is 0 Å². The van der Waals surface area contributed by atoms with Gasteiger partial charge in [0.15, 0.2) is 12.0 Å². The third-order valence-corrected chi connectivity index (χ3v) is 5.68. The molecule has 2 unspecified atom stereocenters. The number of hydrogen-bond donors (Lipinski definition) is 6. The highest BCUT2D eigenvalue weighted by molar-refractivity contribution is 6.00. The van der Waals surface area contributed by atoms with Crippen LogP contribution in [0.4, 0.5) is 5.69 Å². The first kappa shape index (κ1) is 25.6. The zero-order chi connectivity index (χ0) is 25.7. The van der Waals surface area contributed by atoms with Crippen LogP contribution in [0.2, 0.25) is 0 Å². The van der Waals surface area contributed by atoms with Gasteiger partial charge in [0.25, 0.3) is 11.8 Å². The van der Waals surface area contributed by atoms with E-state index in [1.807, 2.05) is 37.3 Å². The number of aromatic hydroxyl groups is 1. The molecule has 1 aliphatic heterocycles. The smallest absolute Gasteiger partial charge is 0.271 e. The Morgan fingerprint density at radius 1 is 1.11 bits per heavy atom. The van der Waals surface area contributed by atoms with E-state index < -0.39 is 24.1 Å². The molecule has 2 aromatic carbocycles. The predicted octanol–water partition coefficient (Wildman–Crippen LogP) is 1.41. The van der Waals surface area contributed by atoms with Gasteiger partial charge in [-0.2, -0.15) is 0 Å². The van der Waals surface area contributed by atoms with E-state index in [0.29, 0.717) is 6.42 Å². The normalized spacial score (nSPS) is 16.8. The molecule has 0 aromatic heterocycles. The largest absolute Gasteiger partial charge is 0.505 e. The van der Waals surface area contributed by atoms with Crippen molar-refractivity contribution >= 4 is 23.4 Å². The van der Waals surface area contributed by atoms with Crippen LogP contribution in [-0.2, 0) is 9.59 Å². The van der Waals surface area contributed by atoms with Gasteiger partial charge in [0, 0.05) is 14.1 Å². The standard InChI is InChI=1S/C25H31N5O5/c1-5-17(22(32)26-14(2)15-10-7-6-8-11-15)27-19-20(24(34)29-23(19)33)28-18-13-9-12-16(21(18)31)25(35)30(3)4/h6-14,17,24,27-28,31,34H,5H2,1-4H3,(H,26,32)(H,29,33)/t14?,17-,24?/m1/s1. The Labute approximate surface area is 204 Å². The number of anilines is 1. The Kier molecular flexibility index (Phi) is 7.98. The van der Waals surface area contributed by atoms with Crippen molar-refractivity contribution in [2.45, 2.75) is 38.6 Å². The highest BCUT2D eigenvalue weighted by Gasteiger charge is 2.34. The summed E-state index contributed by atoms with van der Waals surface area (Å²) in [6.45, 7) is 3.66. The van der Waals surface area contributed by atoms with Gasteiger partial charge in [-0.3, -0.25) is 14.4 Å². The summed E-state index contributed by atoms with van der Waals surface area (Å²) in [6, 6.07) is 13.0. The van der Waals surface area contributed by atoms with Gasteiger partial charge in [-0.15, -0.1) is 0 Å². The molecule has 0 fully saturated rings. The zero-order valence-electron chi connectivity index (χ0n) is 20.1. The number of para-hydroxylation sites is 1. The lowest BCUT2D eigenvalue weighted by Crippen LogP contribution is -2.45. The first-order valence-corrected chi connectivity index (χ1v) is 11.3. The number of nitrogens with zero attached hydrogens (tertiary/aromatic N) is 1. The van der Waals surface area contributed by atoms with Crippen molar-refractivity contribution in [2.75, 3.05) is 19.4 Å². The van der Waals surface area contributed by atoms with Crippen LogP contribution in [0, 0.1) is 0 Å². The molecule has 1 heterocycles. The number of phenolic OH excluding ortho intramolecular Hbond substituents is 1. The predicted molar refractivity (Wildman–Crippen MR) is 131 cm³/mol. The maximum Gasteiger partial charge on any atom is 0.271 e. The first-order valence-electron chi connectivity index (χ1n) is 11.3. The van der Waals surface area contributed by atoms with Crippen LogP contribution in [0.5, 0.6) is 5.75 Å². The van der Waals surface area contributed by atoms with Gasteiger partial charge >= 0.3 is 0 Å². The van der Waals surface area contributed by atoms with Crippen LogP contribution in [-0.4, -0.2) is 59.2 Å². The maximum absolute atomic E-state index is 12.9. The number of nitrogens with one attached hydrogen (secondary N) is 4. The van der Waals surface area contributed by atoms with Crippen molar-refractivity contribution in [1.82, 2.24) is 20.9 Å². The number of carbonyl (C=O) groups excluding carboxylic acids is 3. The van der Waals surface area contributed by atoms with Crippen molar-refractivity contribution < 1.29 is 24.6 Å². The number of carbonyl (C=O) groups is 3. The minimum atomic E-state index is -1.40. The van der Waals surface area contributed by atoms with Crippen LogP contribution >= 0.6 is 0 Å². The van der Waals surface area contributed by atoms with Gasteiger partial charge < -0.3 is 36.4 Å². The molecule has 0 saturated carbocycles. The van der Waals surface area contributed by atoms with Crippen LogP contribution in [0.15, 0.2) is 59.9 Å². The average Bonchev–Trinajstić information content (AvgIpc) is 3.10. The monoisotopic (exact) mass is 481 g/mol. The summed E-state index contributed by atoms with van der Waals surface area (Å²) in [4.78, 5) is 39.2. The Morgan fingerprint density at radius 2 is 1.80 bits per heavy atom. The van der Waals surface area contributed by atoms with Gasteiger partial charge in [-0.05, 0) is 31.0 Å². The minimum absolute atomic E-state index is 0.0297.